The van der Waals surface area contributed by atoms with Gasteiger partial charge in [-0.2, -0.15) is 0 Å². The molecular weight excluding hydrogens is 172 g/mol. The van der Waals surface area contributed by atoms with E-state index in [9.17, 15) is 5.11 Å². The van der Waals surface area contributed by atoms with Crippen LogP contribution in [-0.4, -0.2) is 28.5 Å². The van der Waals surface area contributed by atoms with E-state index in [1.807, 2.05) is 11.8 Å². The van der Waals surface area contributed by atoms with E-state index in [0.29, 0.717) is 6.61 Å². The lowest BCUT2D eigenvalue weighted by molar-refractivity contribution is -0.129. The van der Waals surface area contributed by atoms with Gasteiger partial charge in [-0.1, -0.05) is 19.3 Å². The second-order valence-corrected chi connectivity index (χ2v) is 5.21. The third-order valence-corrected chi connectivity index (χ3v) is 4.45. The number of rotatable bonds is 0. The van der Waals surface area contributed by atoms with Gasteiger partial charge >= 0.3 is 0 Å². The molecule has 1 unspecified atom stereocenters. The molecule has 1 saturated heterocycles. The highest BCUT2D eigenvalue weighted by molar-refractivity contribution is 8.00. The van der Waals surface area contributed by atoms with Gasteiger partial charge in [0.2, 0.25) is 0 Å². The molecule has 1 aliphatic heterocycles. The molecule has 0 aromatic rings. The smallest absolute Gasteiger partial charge is 0.169 e. The normalized spacial score (nSPS) is 35.2. The second-order valence-electron chi connectivity index (χ2n) is 3.70. The van der Waals surface area contributed by atoms with Gasteiger partial charge in [0.1, 0.15) is 0 Å². The molecule has 1 N–H and O–H groups in total. The van der Waals surface area contributed by atoms with Crippen molar-refractivity contribution in [2.24, 2.45) is 0 Å². The summed E-state index contributed by atoms with van der Waals surface area (Å²) in [6.07, 6.45) is 5.62. The Balaban J connectivity index is 2.04. The van der Waals surface area contributed by atoms with Crippen molar-refractivity contribution in [2.45, 2.75) is 43.1 Å². The number of ether oxygens (including phenoxy) is 1. The third kappa shape index (κ3) is 1.50. The van der Waals surface area contributed by atoms with E-state index in [0.717, 1.165) is 18.6 Å². The molecule has 1 atom stereocenters. The summed E-state index contributed by atoms with van der Waals surface area (Å²) < 4.78 is 5.37. The van der Waals surface area contributed by atoms with Crippen LogP contribution >= 0.6 is 11.8 Å². The molecule has 1 aliphatic carbocycles. The predicted octanol–water partition coefficient (Wildman–Crippen LogP) is 1.77. The highest BCUT2D eigenvalue weighted by Crippen LogP contribution is 2.44. The van der Waals surface area contributed by atoms with Gasteiger partial charge in [0.05, 0.1) is 11.4 Å². The molecule has 0 amide bonds. The van der Waals surface area contributed by atoms with E-state index in [1.165, 1.54) is 19.3 Å². The molecule has 0 aromatic heterocycles. The number of thioether (sulfide) groups is 1. The first-order valence-corrected chi connectivity index (χ1v) is 5.76. The van der Waals surface area contributed by atoms with E-state index in [2.05, 4.69) is 0 Å². The van der Waals surface area contributed by atoms with Crippen LogP contribution in [0.5, 0.6) is 0 Å². The average molecular weight is 188 g/mol. The largest absolute Gasteiger partial charge is 0.367 e. The molecule has 2 aliphatic rings. The summed E-state index contributed by atoms with van der Waals surface area (Å²) in [5, 5.41) is 9.74. The van der Waals surface area contributed by atoms with Gasteiger partial charge < -0.3 is 9.84 Å². The molecule has 1 heterocycles. The van der Waals surface area contributed by atoms with Crippen molar-refractivity contribution in [2.75, 3.05) is 12.4 Å². The minimum Gasteiger partial charge on any atom is -0.367 e. The topological polar surface area (TPSA) is 29.5 Å². The van der Waals surface area contributed by atoms with Crippen LogP contribution in [0.25, 0.3) is 0 Å². The first kappa shape index (κ1) is 8.85. The van der Waals surface area contributed by atoms with Gasteiger partial charge in [-0.15, -0.1) is 11.8 Å². The summed E-state index contributed by atoms with van der Waals surface area (Å²) >= 11 is 1.92. The molecule has 1 saturated carbocycles. The summed E-state index contributed by atoms with van der Waals surface area (Å²) in [6.45, 7) is 0.716. The van der Waals surface area contributed by atoms with Crippen LogP contribution in [-0.2, 0) is 4.74 Å². The summed E-state index contributed by atoms with van der Waals surface area (Å²) in [5.74, 6) is 1.05. The van der Waals surface area contributed by atoms with Crippen LogP contribution in [0.3, 0.4) is 0 Å². The van der Waals surface area contributed by atoms with E-state index >= 15 is 0 Å². The van der Waals surface area contributed by atoms with Gasteiger partial charge in [-0.05, 0) is 12.8 Å². The quantitative estimate of drug-likeness (QED) is 0.628. The molecule has 2 fully saturated rings. The number of aliphatic hydroxyl groups is 1. The second kappa shape index (κ2) is 3.56. The minimum atomic E-state index is -0.503. The van der Waals surface area contributed by atoms with Gasteiger partial charge in [0, 0.05) is 5.75 Å². The Morgan fingerprint density at radius 2 is 2.00 bits per heavy atom. The zero-order valence-electron chi connectivity index (χ0n) is 7.29. The van der Waals surface area contributed by atoms with Crippen LogP contribution in [0.15, 0.2) is 0 Å². The zero-order chi connectivity index (χ0) is 8.44. The van der Waals surface area contributed by atoms with Crippen LogP contribution in [0.4, 0.5) is 0 Å². The maximum absolute atomic E-state index is 9.74. The highest BCUT2D eigenvalue weighted by atomic mass is 32.2. The average Bonchev–Trinajstić information content (AvgIpc) is 2.12. The summed E-state index contributed by atoms with van der Waals surface area (Å²) in [7, 11) is 0. The molecule has 70 valence electrons. The van der Waals surface area contributed by atoms with Crippen molar-refractivity contribution < 1.29 is 9.84 Å². The maximum atomic E-state index is 9.74. The molecule has 0 aromatic carbocycles. The van der Waals surface area contributed by atoms with E-state index in [4.69, 9.17) is 4.74 Å². The van der Waals surface area contributed by atoms with E-state index < -0.39 is 6.29 Å². The van der Waals surface area contributed by atoms with Gasteiger partial charge in [0.25, 0.3) is 0 Å². The van der Waals surface area contributed by atoms with Crippen molar-refractivity contribution in [1.29, 1.82) is 0 Å². The monoisotopic (exact) mass is 188 g/mol. The summed E-state index contributed by atoms with van der Waals surface area (Å²) in [6, 6.07) is 0. The summed E-state index contributed by atoms with van der Waals surface area (Å²) in [4.78, 5) is 0. The predicted molar refractivity (Wildman–Crippen MR) is 50.2 cm³/mol. The molecule has 1 spiro atoms. The van der Waals surface area contributed by atoms with Gasteiger partial charge in [-0.25, -0.2) is 0 Å². The molecule has 0 bridgehead atoms. The maximum Gasteiger partial charge on any atom is 0.169 e. The molecule has 3 heteroatoms. The Morgan fingerprint density at radius 1 is 1.25 bits per heavy atom. The minimum absolute atomic E-state index is 0.0660. The lowest BCUT2D eigenvalue weighted by Gasteiger charge is -2.42. The number of hydrogen-bond acceptors (Lipinski definition) is 3. The Bertz CT molecular complexity index is 146. The van der Waals surface area contributed by atoms with E-state index in [1.54, 1.807) is 0 Å². The van der Waals surface area contributed by atoms with Crippen molar-refractivity contribution in [3.8, 4) is 0 Å². The SMILES string of the molecule is OC1OCCSC12CCCCC2. The highest BCUT2D eigenvalue weighted by Gasteiger charge is 2.42. The Morgan fingerprint density at radius 3 is 2.67 bits per heavy atom. The van der Waals surface area contributed by atoms with Crippen LogP contribution in [0.2, 0.25) is 0 Å². The Labute approximate surface area is 77.7 Å². The van der Waals surface area contributed by atoms with Gasteiger partial charge in [-0.3, -0.25) is 0 Å². The zero-order valence-corrected chi connectivity index (χ0v) is 8.11. The van der Waals surface area contributed by atoms with Gasteiger partial charge in [0.15, 0.2) is 6.29 Å². The molecule has 12 heavy (non-hydrogen) atoms. The van der Waals surface area contributed by atoms with Crippen molar-refractivity contribution in [3.05, 3.63) is 0 Å². The first-order valence-electron chi connectivity index (χ1n) is 4.77. The molecule has 2 nitrogen and oxygen atoms in total. The fourth-order valence-corrected chi connectivity index (χ4v) is 3.54. The molecular formula is C9H16O2S. The van der Waals surface area contributed by atoms with E-state index in [-0.39, 0.29) is 4.75 Å². The van der Waals surface area contributed by atoms with Crippen molar-refractivity contribution in [3.63, 3.8) is 0 Å². The van der Waals surface area contributed by atoms with Crippen molar-refractivity contribution in [1.82, 2.24) is 0 Å². The Kier molecular flexibility index (Phi) is 2.63. The fraction of sp³-hybridized carbons (Fsp3) is 1.00. The fourth-order valence-electron chi connectivity index (χ4n) is 2.17. The standard InChI is InChI=1S/C9H16O2S/c10-8-9(12-7-6-11-8)4-2-1-3-5-9/h8,10H,1-7H2. The lowest BCUT2D eigenvalue weighted by atomic mass is 9.87. The Hall–Kier alpha value is 0.270. The molecule has 2 rings (SSSR count). The number of hydrogen-bond donors (Lipinski definition) is 1. The van der Waals surface area contributed by atoms with Crippen LogP contribution < -0.4 is 0 Å². The third-order valence-electron chi connectivity index (χ3n) is 2.90. The molecule has 0 radical (unpaired) electrons. The number of aliphatic hydroxyl groups excluding tert-OH is 1. The lowest BCUT2D eigenvalue weighted by Crippen LogP contribution is -2.46. The van der Waals surface area contributed by atoms with Crippen LogP contribution in [0.1, 0.15) is 32.1 Å². The van der Waals surface area contributed by atoms with Crippen molar-refractivity contribution >= 4 is 11.8 Å². The first-order chi connectivity index (χ1) is 5.83. The summed E-state index contributed by atoms with van der Waals surface area (Å²) in [5.41, 5.74) is 0. The van der Waals surface area contributed by atoms with Crippen LogP contribution in [0, 0.1) is 0 Å².